The van der Waals surface area contributed by atoms with Crippen molar-refractivity contribution in [3.63, 3.8) is 0 Å². The summed E-state index contributed by atoms with van der Waals surface area (Å²) >= 11 is 0. The lowest BCUT2D eigenvalue weighted by molar-refractivity contribution is 1.17. The lowest BCUT2D eigenvalue weighted by atomic mass is 9.95. The Bertz CT molecular complexity index is 4890. The average molecular weight is 1150 g/mol. The van der Waals surface area contributed by atoms with Gasteiger partial charge in [-0.2, -0.15) is 0 Å². The van der Waals surface area contributed by atoms with Gasteiger partial charge >= 0.3 is 0 Å². The molecule has 0 fully saturated rings. The Labute approximate surface area is 522 Å². The van der Waals surface area contributed by atoms with Crippen LogP contribution in [0.4, 0.5) is 34.1 Å². The van der Waals surface area contributed by atoms with Gasteiger partial charge in [0, 0.05) is 77.2 Å². The summed E-state index contributed by atoms with van der Waals surface area (Å²) in [6, 6.07) is 129. The highest BCUT2D eigenvalue weighted by Gasteiger charge is 2.26. The minimum absolute atomic E-state index is 1.06. The Morgan fingerprint density at radius 2 is 0.389 bits per heavy atom. The van der Waals surface area contributed by atoms with Crippen molar-refractivity contribution in [1.29, 1.82) is 0 Å². The molecular formula is C86H58N4. The second-order valence-corrected chi connectivity index (χ2v) is 23.2. The zero-order valence-corrected chi connectivity index (χ0v) is 49.3. The lowest BCUT2D eigenvalue weighted by Gasteiger charge is -2.33. The number of anilines is 6. The van der Waals surface area contributed by atoms with E-state index in [9.17, 15) is 0 Å². The van der Waals surface area contributed by atoms with Crippen LogP contribution in [0.3, 0.4) is 0 Å². The molecule has 0 saturated carbocycles. The molecule has 90 heavy (non-hydrogen) atoms. The number of rotatable bonds is 12. The van der Waals surface area contributed by atoms with E-state index in [1.807, 2.05) is 0 Å². The van der Waals surface area contributed by atoms with E-state index in [1.165, 1.54) is 66.1 Å². The zero-order valence-electron chi connectivity index (χ0n) is 49.3. The molecule has 4 heteroatoms. The smallest absolute Gasteiger partial charge is 0.0619 e. The summed E-state index contributed by atoms with van der Waals surface area (Å²) in [4.78, 5) is 4.92. The highest BCUT2D eigenvalue weighted by Crippen LogP contribution is 2.52. The maximum absolute atomic E-state index is 2.46. The van der Waals surface area contributed by atoms with Crippen LogP contribution in [0.1, 0.15) is 0 Å². The summed E-state index contributed by atoms with van der Waals surface area (Å²) in [5.41, 5.74) is 22.9. The number of aromatic nitrogens is 2. The van der Waals surface area contributed by atoms with Crippen molar-refractivity contribution in [2.45, 2.75) is 0 Å². The summed E-state index contributed by atoms with van der Waals surface area (Å²) in [6.07, 6.45) is 0. The van der Waals surface area contributed by atoms with Gasteiger partial charge in [0.2, 0.25) is 0 Å². The number of nitrogens with zero attached hydrogens (tertiary/aromatic N) is 4. The third kappa shape index (κ3) is 9.00. The standard InChI is InChI=1S/C86H58N4/c1-7-23-59(24-8-1)63-39-51-81-77(55-63)78-56-64(60-25-9-2-10-26-60)40-52-82(78)89(81)71-47-43-69(44-48-71)87(67-31-15-5-16-32-67)85-73-35-19-21-37-75(73)86(76-38-22-20-36-74(76)85)88(68-33-17-6-18-34-68)70-45-49-72(50-46-70)90-83-53-41-65(61-27-11-3-12-28-61)57-79(83)80-58-66(42-54-84(80)90)62-29-13-4-14-30-62/h1-58H. The molecule has 2 aromatic heterocycles. The summed E-state index contributed by atoms with van der Waals surface area (Å²) in [5, 5.41) is 9.42. The maximum Gasteiger partial charge on any atom is 0.0619 e. The van der Waals surface area contributed by atoms with Crippen LogP contribution < -0.4 is 9.80 Å². The van der Waals surface area contributed by atoms with Crippen molar-refractivity contribution in [2.75, 3.05) is 9.80 Å². The lowest BCUT2D eigenvalue weighted by Crippen LogP contribution is -2.14. The summed E-state index contributed by atoms with van der Waals surface area (Å²) in [5.74, 6) is 0. The normalized spacial score (nSPS) is 11.6. The summed E-state index contributed by atoms with van der Waals surface area (Å²) in [6.45, 7) is 0. The zero-order chi connectivity index (χ0) is 59.5. The molecule has 0 aliphatic carbocycles. The second kappa shape index (κ2) is 22.1. The Morgan fingerprint density at radius 3 is 0.644 bits per heavy atom. The first-order valence-corrected chi connectivity index (χ1v) is 30.9. The second-order valence-electron chi connectivity index (χ2n) is 23.2. The highest BCUT2D eigenvalue weighted by atomic mass is 15.2. The Kier molecular flexibility index (Phi) is 12.8. The van der Waals surface area contributed by atoms with E-state index in [0.717, 1.165) is 89.1 Å². The third-order valence-electron chi connectivity index (χ3n) is 18.0. The van der Waals surface area contributed by atoms with Gasteiger partial charge in [-0.15, -0.1) is 0 Å². The molecule has 0 bridgehead atoms. The van der Waals surface area contributed by atoms with Crippen molar-refractivity contribution < 1.29 is 0 Å². The first kappa shape index (κ1) is 52.4. The average Bonchev–Trinajstić information content (AvgIpc) is 0.954. The molecule has 0 saturated heterocycles. The van der Waals surface area contributed by atoms with Crippen molar-refractivity contribution >= 4 is 99.3 Å². The number of benzene rings is 15. The minimum atomic E-state index is 1.06. The van der Waals surface area contributed by atoms with Gasteiger partial charge in [-0.25, -0.2) is 0 Å². The van der Waals surface area contributed by atoms with Crippen LogP contribution in [0.15, 0.2) is 352 Å². The Morgan fingerprint density at radius 1 is 0.167 bits per heavy atom. The van der Waals surface area contributed by atoms with Gasteiger partial charge in [-0.05, 0) is 166 Å². The molecule has 0 aliphatic rings. The van der Waals surface area contributed by atoms with Crippen LogP contribution in [0.2, 0.25) is 0 Å². The van der Waals surface area contributed by atoms with Gasteiger partial charge < -0.3 is 18.9 Å². The molecule has 15 aromatic carbocycles. The van der Waals surface area contributed by atoms with E-state index in [1.54, 1.807) is 0 Å². The fraction of sp³-hybridized carbons (Fsp3) is 0. The van der Waals surface area contributed by atoms with Gasteiger partial charge in [0.05, 0.1) is 33.4 Å². The van der Waals surface area contributed by atoms with Crippen molar-refractivity contribution in [3.05, 3.63) is 352 Å². The monoisotopic (exact) mass is 1150 g/mol. The first-order valence-electron chi connectivity index (χ1n) is 30.9. The van der Waals surface area contributed by atoms with Gasteiger partial charge in [-0.3, -0.25) is 0 Å². The fourth-order valence-electron chi connectivity index (χ4n) is 13.9. The molecule has 0 amide bonds. The van der Waals surface area contributed by atoms with Crippen molar-refractivity contribution in [1.82, 2.24) is 9.13 Å². The Hall–Kier alpha value is -12.0. The molecule has 0 spiro atoms. The summed E-state index contributed by atoms with van der Waals surface area (Å²) < 4.78 is 4.86. The molecule has 422 valence electrons. The van der Waals surface area contributed by atoms with Crippen LogP contribution in [0.25, 0.3) is 121 Å². The Balaban J connectivity index is 0.810. The van der Waals surface area contributed by atoms with Gasteiger partial charge in [-0.1, -0.05) is 231 Å². The highest BCUT2D eigenvalue weighted by molar-refractivity contribution is 6.23. The number of fused-ring (bicyclic) bond motifs is 8. The summed E-state index contributed by atoms with van der Waals surface area (Å²) in [7, 11) is 0. The van der Waals surface area contributed by atoms with Crippen LogP contribution in [0, 0.1) is 0 Å². The van der Waals surface area contributed by atoms with Gasteiger partial charge in [0.15, 0.2) is 0 Å². The van der Waals surface area contributed by atoms with Crippen LogP contribution in [-0.2, 0) is 0 Å². The molecular weight excluding hydrogens is 1090 g/mol. The largest absolute Gasteiger partial charge is 0.309 e. The van der Waals surface area contributed by atoms with E-state index in [4.69, 9.17) is 0 Å². The molecule has 0 aliphatic heterocycles. The molecule has 17 rings (SSSR count). The molecule has 0 unspecified atom stereocenters. The number of hydrogen-bond donors (Lipinski definition) is 0. The van der Waals surface area contributed by atoms with E-state index in [0.29, 0.717) is 0 Å². The van der Waals surface area contributed by atoms with Crippen LogP contribution in [-0.4, -0.2) is 9.13 Å². The fourth-order valence-corrected chi connectivity index (χ4v) is 13.9. The predicted molar refractivity (Wildman–Crippen MR) is 381 cm³/mol. The molecule has 17 aromatic rings. The molecule has 4 nitrogen and oxygen atoms in total. The molecule has 0 N–H and O–H groups in total. The van der Waals surface area contributed by atoms with E-state index in [2.05, 4.69) is 371 Å². The third-order valence-corrected chi connectivity index (χ3v) is 18.0. The van der Waals surface area contributed by atoms with Gasteiger partial charge in [0.1, 0.15) is 0 Å². The number of para-hydroxylation sites is 2. The van der Waals surface area contributed by atoms with Crippen LogP contribution >= 0.6 is 0 Å². The maximum atomic E-state index is 2.46. The first-order chi connectivity index (χ1) is 44.7. The van der Waals surface area contributed by atoms with Crippen molar-refractivity contribution in [2.24, 2.45) is 0 Å². The molecule has 2 heterocycles. The van der Waals surface area contributed by atoms with E-state index >= 15 is 0 Å². The quantitative estimate of drug-likeness (QED) is 0.0895. The molecule has 0 radical (unpaired) electrons. The predicted octanol–water partition coefficient (Wildman–Crippen LogP) is 23.8. The van der Waals surface area contributed by atoms with E-state index in [-0.39, 0.29) is 0 Å². The van der Waals surface area contributed by atoms with E-state index < -0.39 is 0 Å². The van der Waals surface area contributed by atoms with Crippen LogP contribution in [0.5, 0.6) is 0 Å². The minimum Gasteiger partial charge on any atom is -0.309 e. The van der Waals surface area contributed by atoms with Crippen molar-refractivity contribution in [3.8, 4) is 55.9 Å². The number of hydrogen-bond acceptors (Lipinski definition) is 2. The topological polar surface area (TPSA) is 16.3 Å². The molecule has 0 atom stereocenters. The SMILES string of the molecule is c1ccc(-c2ccc3c(c2)c2cc(-c4ccccc4)ccc2n3-c2ccc(N(c3ccccc3)c3c4ccccc4c(N(c4ccccc4)c4ccc(-n5c6ccc(-c7ccccc7)cc6c6cc(-c7ccccc7)ccc65)cc4)c4ccccc34)cc2)cc1. The van der Waals surface area contributed by atoms with Gasteiger partial charge in [0.25, 0.3) is 0 Å².